The number of rotatable bonds is 13. The maximum absolute atomic E-state index is 13.2. The molecule has 4 N–H and O–H groups in total. The van der Waals surface area contributed by atoms with Gasteiger partial charge in [0.05, 0.1) is 34.2 Å². The number of aromatic nitrogens is 3. The molecular formula is C30H31N5O7S2. The molecule has 14 heteroatoms. The summed E-state index contributed by atoms with van der Waals surface area (Å²) in [4.78, 5) is 50.3. The van der Waals surface area contributed by atoms with Gasteiger partial charge in [-0.2, -0.15) is 0 Å². The van der Waals surface area contributed by atoms with Crippen LogP contribution in [0, 0.1) is 0 Å². The number of hydrogen-bond acceptors (Lipinski definition) is 10. The monoisotopic (exact) mass is 637 g/mol. The van der Waals surface area contributed by atoms with Crippen molar-refractivity contribution in [2.45, 2.75) is 56.6 Å². The second-order valence-electron chi connectivity index (χ2n) is 9.92. The summed E-state index contributed by atoms with van der Waals surface area (Å²) in [6.45, 7) is 3.10. The first-order chi connectivity index (χ1) is 21.0. The lowest BCUT2D eigenvalue weighted by Crippen LogP contribution is -2.48. The zero-order valence-electron chi connectivity index (χ0n) is 23.9. The van der Waals surface area contributed by atoms with Crippen LogP contribution in [0.5, 0.6) is 0 Å². The SMILES string of the molecule is CCCc1sc(C(=O)NC(Cc2ccccc2)C(O)C(=O)O)nc1Cc1cnc(-c2ccccc2S(=O)(=O)NC(C)=O)cn1. The molecule has 2 aromatic heterocycles. The third-order valence-electron chi connectivity index (χ3n) is 6.48. The number of amides is 2. The number of aryl methyl sites for hydroxylation is 1. The molecule has 44 heavy (non-hydrogen) atoms. The Hall–Kier alpha value is -4.53. The molecule has 0 bridgehead atoms. The average molecular weight is 638 g/mol. The molecular weight excluding hydrogens is 606 g/mol. The number of sulfonamides is 1. The van der Waals surface area contributed by atoms with Crippen LogP contribution in [0.3, 0.4) is 0 Å². The topological polar surface area (TPSA) is 189 Å². The number of aliphatic hydroxyl groups is 1. The molecule has 0 aliphatic carbocycles. The van der Waals surface area contributed by atoms with Gasteiger partial charge in [-0.05, 0) is 24.5 Å². The third kappa shape index (κ3) is 8.09. The molecule has 0 aliphatic heterocycles. The van der Waals surface area contributed by atoms with Crippen LogP contribution in [0.4, 0.5) is 0 Å². The zero-order chi connectivity index (χ0) is 31.9. The first kappa shape index (κ1) is 32.4. The van der Waals surface area contributed by atoms with E-state index in [9.17, 15) is 33.0 Å². The quantitative estimate of drug-likeness (QED) is 0.170. The van der Waals surface area contributed by atoms with Crippen molar-refractivity contribution in [3.8, 4) is 11.3 Å². The van der Waals surface area contributed by atoms with Gasteiger partial charge >= 0.3 is 5.97 Å². The van der Waals surface area contributed by atoms with E-state index >= 15 is 0 Å². The molecule has 0 fully saturated rings. The van der Waals surface area contributed by atoms with Gasteiger partial charge in [0.15, 0.2) is 11.1 Å². The molecule has 0 aliphatic rings. The van der Waals surface area contributed by atoms with Crippen molar-refractivity contribution in [2.24, 2.45) is 0 Å². The molecule has 230 valence electrons. The maximum Gasteiger partial charge on any atom is 0.334 e. The first-order valence-corrected chi connectivity index (χ1v) is 16.0. The number of aliphatic hydroxyl groups excluding tert-OH is 1. The summed E-state index contributed by atoms with van der Waals surface area (Å²) in [7, 11) is -4.11. The van der Waals surface area contributed by atoms with E-state index in [0.29, 0.717) is 17.8 Å². The van der Waals surface area contributed by atoms with Crippen LogP contribution in [0.15, 0.2) is 71.9 Å². The van der Waals surface area contributed by atoms with Gasteiger partial charge in [-0.3, -0.25) is 19.6 Å². The van der Waals surface area contributed by atoms with E-state index < -0.39 is 40.0 Å². The van der Waals surface area contributed by atoms with E-state index in [1.54, 1.807) is 36.4 Å². The highest BCUT2D eigenvalue weighted by Gasteiger charge is 2.29. The summed E-state index contributed by atoms with van der Waals surface area (Å²) in [5.41, 5.74) is 2.44. The number of carbonyl (C=O) groups excluding carboxylic acids is 2. The largest absolute Gasteiger partial charge is 0.479 e. The second-order valence-corrected chi connectivity index (χ2v) is 12.7. The molecule has 4 aromatic rings. The molecule has 0 saturated heterocycles. The van der Waals surface area contributed by atoms with Gasteiger partial charge in [-0.15, -0.1) is 11.3 Å². The highest BCUT2D eigenvalue weighted by molar-refractivity contribution is 7.90. The van der Waals surface area contributed by atoms with Crippen LogP contribution in [-0.4, -0.2) is 63.5 Å². The van der Waals surface area contributed by atoms with Crippen LogP contribution in [0.25, 0.3) is 11.3 Å². The lowest BCUT2D eigenvalue weighted by atomic mass is 10.0. The van der Waals surface area contributed by atoms with Gasteiger partial charge in [0.1, 0.15) is 0 Å². The Labute approximate surface area is 258 Å². The summed E-state index contributed by atoms with van der Waals surface area (Å²) in [6, 6.07) is 14.0. The Kier molecular flexibility index (Phi) is 10.5. The van der Waals surface area contributed by atoms with Crippen molar-refractivity contribution >= 4 is 39.1 Å². The molecule has 12 nitrogen and oxygen atoms in total. The number of carboxylic acids is 1. The molecule has 2 amide bonds. The van der Waals surface area contributed by atoms with Gasteiger partial charge in [0.25, 0.3) is 15.9 Å². The molecule has 2 unspecified atom stereocenters. The lowest BCUT2D eigenvalue weighted by Gasteiger charge is -2.21. The Bertz CT molecular complexity index is 1740. The van der Waals surface area contributed by atoms with Crippen LogP contribution < -0.4 is 10.0 Å². The van der Waals surface area contributed by atoms with Crippen molar-refractivity contribution in [2.75, 3.05) is 0 Å². The van der Waals surface area contributed by atoms with Gasteiger partial charge in [-0.25, -0.2) is 22.9 Å². The smallest absolute Gasteiger partial charge is 0.334 e. The van der Waals surface area contributed by atoms with Gasteiger partial charge in [-0.1, -0.05) is 61.9 Å². The number of nitrogens with one attached hydrogen (secondary N) is 2. The number of benzene rings is 2. The van der Waals surface area contributed by atoms with Gasteiger partial charge < -0.3 is 15.5 Å². The first-order valence-electron chi connectivity index (χ1n) is 13.7. The number of aliphatic carboxylic acids is 1. The molecule has 0 saturated carbocycles. The van der Waals surface area contributed by atoms with Crippen molar-refractivity contribution in [3.05, 3.63) is 93.8 Å². The van der Waals surface area contributed by atoms with E-state index in [1.165, 1.54) is 35.9 Å². The van der Waals surface area contributed by atoms with Crippen molar-refractivity contribution in [1.82, 2.24) is 25.0 Å². The van der Waals surface area contributed by atoms with Crippen molar-refractivity contribution in [3.63, 3.8) is 0 Å². The number of carboxylic acid groups (broad SMARTS) is 1. The number of hydrogen-bond donors (Lipinski definition) is 4. The summed E-state index contributed by atoms with van der Waals surface area (Å²) < 4.78 is 27.3. The van der Waals surface area contributed by atoms with Crippen LogP contribution in [0.1, 0.15) is 51.9 Å². The maximum atomic E-state index is 13.2. The van der Waals surface area contributed by atoms with E-state index in [1.807, 2.05) is 17.7 Å². The van der Waals surface area contributed by atoms with Crippen molar-refractivity contribution < 1.29 is 33.0 Å². The minimum Gasteiger partial charge on any atom is -0.479 e. The molecule has 2 aromatic carbocycles. The zero-order valence-corrected chi connectivity index (χ0v) is 25.6. The molecule has 4 rings (SSSR count). The van der Waals surface area contributed by atoms with Crippen molar-refractivity contribution in [1.29, 1.82) is 0 Å². The summed E-state index contributed by atoms with van der Waals surface area (Å²) in [5, 5.41) is 22.5. The normalized spacial score (nSPS) is 12.7. The average Bonchev–Trinajstić information content (AvgIpc) is 3.39. The molecule has 0 radical (unpaired) electrons. The van der Waals surface area contributed by atoms with E-state index in [4.69, 9.17) is 0 Å². The molecule has 2 atom stereocenters. The summed E-state index contributed by atoms with van der Waals surface area (Å²) >= 11 is 1.19. The second kappa shape index (κ2) is 14.3. The predicted octanol–water partition coefficient (Wildman–Crippen LogP) is 2.75. The van der Waals surface area contributed by atoms with Crippen LogP contribution in [-0.2, 0) is 38.9 Å². The molecule has 0 spiro atoms. The minimum atomic E-state index is -4.11. The van der Waals surface area contributed by atoms with E-state index in [2.05, 4.69) is 20.3 Å². The number of nitrogens with zero attached hydrogens (tertiary/aromatic N) is 3. The highest BCUT2D eigenvalue weighted by Crippen LogP contribution is 2.27. The van der Waals surface area contributed by atoms with Crippen LogP contribution in [0.2, 0.25) is 0 Å². The third-order valence-corrected chi connectivity index (χ3v) is 9.13. The fraction of sp³-hybridized carbons (Fsp3) is 0.267. The Morgan fingerprint density at radius 2 is 1.70 bits per heavy atom. The van der Waals surface area contributed by atoms with Gasteiger partial charge in [0, 0.05) is 30.0 Å². The number of thiazole rings is 1. The Morgan fingerprint density at radius 3 is 2.34 bits per heavy atom. The minimum absolute atomic E-state index is 0.108. The predicted molar refractivity (Wildman–Crippen MR) is 162 cm³/mol. The fourth-order valence-electron chi connectivity index (χ4n) is 4.47. The highest BCUT2D eigenvalue weighted by atomic mass is 32.2. The fourth-order valence-corrected chi connectivity index (χ4v) is 6.76. The van der Waals surface area contributed by atoms with E-state index in [-0.39, 0.29) is 34.0 Å². The van der Waals surface area contributed by atoms with Gasteiger partial charge in [0.2, 0.25) is 5.91 Å². The standard InChI is InChI=1S/C30H31N5O7S2/c1-3-9-25-22(34-29(43-25)28(38)33-23(27(37)30(39)40)14-19-10-5-4-6-11-19)15-20-16-32-24(17-31-20)21-12-7-8-13-26(21)44(41,42)35-18(2)36/h4-8,10-13,16-17,23,27,37H,3,9,14-15H2,1-2H3,(H,33,38)(H,35,36)(H,39,40). The summed E-state index contributed by atoms with van der Waals surface area (Å²) in [5.74, 6) is -2.77. The van der Waals surface area contributed by atoms with E-state index in [0.717, 1.165) is 23.8 Å². The molecule has 2 heterocycles. The summed E-state index contributed by atoms with van der Waals surface area (Å²) in [6.07, 6.45) is 2.88. The Morgan fingerprint density at radius 1 is 1.00 bits per heavy atom. The number of carbonyl (C=O) groups is 3. The Balaban J connectivity index is 1.55. The lowest BCUT2D eigenvalue weighted by molar-refractivity contribution is -0.148. The van der Waals surface area contributed by atoms with Crippen LogP contribution >= 0.6 is 11.3 Å².